The van der Waals surface area contributed by atoms with Crippen molar-refractivity contribution in [1.82, 2.24) is 0 Å². The summed E-state index contributed by atoms with van der Waals surface area (Å²) in [4.78, 5) is 0. The maximum absolute atomic E-state index is 10.9. The second kappa shape index (κ2) is 6.06. The third-order valence-electron chi connectivity index (χ3n) is 4.16. The van der Waals surface area contributed by atoms with E-state index in [2.05, 4.69) is 45.0 Å². The van der Waals surface area contributed by atoms with Gasteiger partial charge in [-0.15, -0.1) is 0 Å². The lowest BCUT2D eigenvalue weighted by Gasteiger charge is -2.39. The highest BCUT2D eigenvalue weighted by Gasteiger charge is 2.37. The SMILES string of the molecule is CCCc1ccc(C2(O)CCOC(C(C)C)C2)cc1. The molecule has 0 aliphatic carbocycles. The van der Waals surface area contributed by atoms with Crippen LogP contribution in [0.4, 0.5) is 0 Å². The van der Waals surface area contributed by atoms with Crippen molar-refractivity contribution >= 4 is 0 Å². The van der Waals surface area contributed by atoms with E-state index in [1.54, 1.807) is 0 Å². The van der Waals surface area contributed by atoms with Crippen molar-refractivity contribution in [2.75, 3.05) is 6.61 Å². The number of hydrogen-bond acceptors (Lipinski definition) is 2. The van der Waals surface area contributed by atoms with Gasteiger partial charge < -0.3 is 9.84 Å². The van der Waals surface area contributed by atoms with Gasteiger partial charge in [-0.3, -0.25) is 0 Å². The molecule has 2 unspecified atom stereocenters. The minimum absolute atomic E-state index is 0.161. The van der Waals surface area contributed by atoms with Crippen LogP contribution >= 0.6 is 0 Å². The Bertz CT molecular complexity index is 396. The van der Waals surface area contributed by atoms with Gasteiger partial charge in [0.2, 0.25) is 0 Å². The Morgan fingerprint density at radius 2 is 2.00 bits per heavy atom. The number of aliphatic hydroxyl groups is 1. The van der Waals surface area contributed by atoms with Gasteiger partial charge in [0.1, 0.15) is 0 Å². The summed E-state index contributed by atoms with van der Waals surface area (Å²) in [6.07, 6.45) is 3.83. The molecule has 1 heterocycles. The molecule has 0 radical (unpaired) electrons. The lowest BCUT2D eigenvalue weighted by molar-refractivity contribution is -0.121. The Hall–Kier alpha value is -0.860. The summed E-state index contributed by atoms with van der Waals surface area (Å²) in [7, 11) is 0. The Balaban J connectivity index is 2.14. The lowest BCUT2D eigenvalue weighted by Crippen LogP contribution is -2.40. The maximum Gasteiger partial charge on any atom is 0.0943 e. The second-order valence-electron chi connectivity index (χ2n) is 6.09. The molecule has 1 aromatic carbocycles. The van der Waals surface area contributed by atoms with Crippen molar-refractivity contribution in [2.45, 2.75) is 58.2 Å². The van der Waals surface area contributed by atoms with Gasteiger partial charge in [0.05, 0.1) is 18.3 Å². The molecule has 1 aromatic rings. The van der Waals surface area contributed by atoms with E-state index in [0.717, 1.165) is 18.4 Å². The predicted molar refractivity (Wildman–Crippen MR) is 78.1 cm³/mol. The highest BCUT2D eigenvalue weighted by atomic mass is 16.5. The van der Waals surface area contributed by atoms with Crippen LogP contribution in [0.1, 0.15) is 51.2 Å². The molecule has 2 heteroatoms. The minimum atomic E-state index is -0.710. The first-order valence-electron chi connectivity index (χ1n) is 7.48. The summed E-state index contributed by atoms with van der Waals surface area (Å²) in [5, 5.41) is 10.9. The monoisotopic (exact) mass is 262 g/mol. The lowest BCUT2D eigenvalue weighted by atomic mass is 9.81. The van der Waals surface area contributed by atoms with E-state index in [0.29, 0.717) is 25.4 Å². The molecule has 0 aromatic heterocycles. The number of rotatable bonds is 4. The quantitative estimate of drug-likeness (QED) is 0.897. The second-order valence-corrected chi connectivity index (χ2v) is 6.09. The summed E-state index contributed by atoms with van der Waals surface area (Å²) in [5.41, 5.74) is 1.68. The largest absolute Gasteiger partial charge is 0.385 e. The molecular weight excluding hydrogens is 236 g/mol. The minimum Gasteiger partial charge on any atom is -0.385 e. The van der Waals surface area contributed by atoms with Crippen molar-refractivity contribution in [2.24, 2.45) is 5.92 Å². The van der Waals surface area contributed by atoms with Crippen molar-refractivity contribution < 1.29 is 9.84 Å². The van der Waals surface area contributed by atoms with E-state index in [-0.39, 0.29) is 6.10 Å². The van der Waals surface area contributed by atoms with E-state index in [9.17, 15) is 5.11 Å². The van der Waals surface area contributed by atoms with Gasteiger partial charge in [-0.1, -0.05) is 51.5 Å². The average molecular weight is 262 g/mol. The molecule has 2 nitrogen and oxygen atoms in total. The molecule has 1 N–H and O–H groups in total. The highest BCUT2D eigenvalue weighted by molar-refractivity contribution is 5.28. The Kier molecular flexibility index (Phi) is 4.64. The first kappa shape index (κ1) is 14.5. The Labute approximate surface area is 116 Å². The van der Waals surface area contributed by atoms with Crippen LogP contribution in [0.25, 0.3) is 0 Å². The molecule has 106 valence electrons. The fourth-order valence-corrected chi connectivity index (χ4v) is 2.83. The van der Waals surface area contributed by atoms with Gasteiger partial charge in [-0.2, -0.15) is 0 Å². The molecule has 2 atom stereocenters. The molecule has 0 spiro atoms. The zero-order chi connectivity index (χ0) is 13.9. The van der Waals surface area contributed by atoms with E-state index < -0.39 is 5.60 Å². The summed E-state index contributed by atoms with van der Waals surface area (Å²) < 4.78 is 5.76. The van der Waals surface area contributed by atoms with Crippen molar-refractivity contribution in [3.05, 3.63) is 35.4 Å². The molecular formula is C17H26O2. The summed E-state index contributed by atoms with van der Waals surface area (Å²) in [6, 6.07) is 8.48. The molecule has 19 heavy (non-hydrogen) atoms. The first-order chi connectivity index (χ1) is 9.05. The molecule has 1 aliphatic heterocycles. The maximum atomic E-state index is 10.9. The van der Waals surface area contributed by atoms with Crippen LogP contribution in [-0.4, -0.2) is 17.8 Å². The van der Waals surface area contributed by atoms with Crippen LogP contribution in [0.15, 0.2) is 24.3 Å². The van der Waals surface area contributed by atoms with Crippen LogP contribution in [0.2, 0.25) is 0 Å². The molecule has 0 bridgehead atoms. The van der Waals surface area contributed by atoms with Crippen molar-refractivity contribution in [1.29, 1.82) is 0 Å². The van der Waals surface area contributed by atoms with Gasteiger partial charge in [0.15, 0.2) is 0 Å². The normalized spacial score (nSPS) is 27.7. The Morgan fingerprint density at radius 3 is 2.58 bits per heavy atom. The van der Waals surface area contributed by atoms with E-state index in [1.165, 1.54) is 5.56 Å². The zero-order valence-corrected chi connectivity index (χ0v) is 12.4. The van der Waals surface area contributed by atoms with Crippen LogP contribution in [-0.2, 0) is 16.8 Å². The summed E-state index contributed by atoms with van der Waals surface area (Å²) >= 11 is 0. The van der Waals surface area contributed by atoms with Gasteiger partial charge in [0.25, 0.3) is 0 Å². The molecule has 0 amide bonds. The molecule has 1 aliphatic rings. The fraction of sp³-hybridized carbons (Fsp3) is 0.647. The van der Waals surface area contributed by atoms with Crippen LogP contribution in [0.5, 0.6) is 0 Å². The van der Waals surface area contributed by atoms with Crippen LogP contribution in [0, 0.1) is 5.92 Å². The fourth-order valence-electron chi connectivity index (χ4n) is 2.83. The van der Waals surface area contributed by atoms with E-state index >= 15 is 0 Å². The number of benzene rings is 1. The molecule has 2 rings (SSSR count). The van der Waals surface area contributed by atoms with Gasteiger partial charge in [-0.25, -0.2) is 0 Å². The summed E-state index contributed by atoms with van der Waals surface area (Å²) in [6.45, 7) is 7.14. The molecule has 1 fully saturated rings. The third-order valence-corrected chi connectivity index (χ3v) is 4.16. The third kappa shape index (κ3) is 3.37. The van der Waals surface area contributed by atoms with E-state index in [1.807, 2.05) is 0 Å². The van der Waals surface area contributed by atoms with Gasteiger partial charge >= 0.3 is 0 Å². The van der Waals surface area contributed by atoms with Crippen LogP contribution < -0.4 is 0 Å². The standard InChI is InChI=1S/C17H26O2/c1-4-5-14-6-8-15(9-7-14)17(18)10-11-19-16(12-17)13(2)3/h6-9,13,16,18H,4-5,10-12H2,1-3H3. The Morgan fingerprint density at radius 1 is 1.32 bits per heavy atom. The van der Waals surface area contributed by atoms with Crippen molar-refractivity contribution in [3.8, 4) is 0 Å². The number of aryl methyl sites for hydroxylation is 1. The van der Waals surface area contributed by atoms with Gasteiger partial charge in [-0.05, 0) is 23.5 Å². The van der Waals surface area contributed by atoms with Crippen LogP contribution in [0.3, 0.4) is 0 Å². The average Bonchev–Trinajstić information content (AvgIpc) is 2.40. The smallest absolute Gasteiger partial charge is 0.0943 e. The summed E-state index contributed by atoms with van der Waals surface area (Å²) in [5.74, 6) is 0.450. The van der Waals surface area contributed by atoms with E-state index in [4.69, 9.17) is 4.74 Å². The first-order valence-corrected chi connectivity index (χ1v) is 7.48. The molecule has 0 saturated carbocycles. The number of ether oxygens (including phenoxy) is 1. The van der Waals surface area contributed by atoms with Gasteiger partial charge in [0, 0.05) is 12.8 Å². The topological polar surface area (TPSA) is 29.5 Å². The zero-order valence-electron chi connectivity index (χ0n) is 12.4. The van der Waals surface area contributed by atoms with Crippen molar-refractivity contribution in [3.63, 3.8) is 0 Å². The highest BCUT2D eigenvalue weighted by Crippen LogP contribution is 2.36. The molecule has 1 saturated heterocycles. The number of hydrogen-bond donors (Lipinski definition) is 1. The predicted octanol–water partition coefficient (Wildman–Crippen LogP) is 3.66.